The lowest BCUT2D eigenvalue weighted by Crippen LogP contribution is -2.30. The molecule has 0 bridgehead atoms. The van der Waals surface area contributed by atoms with Gasteiger partial charge in [-0.25, -0.2) is 4.98 Å². The highest BCUT2D eigenvalue weighted by Gasteiger charge is 2.10. The maximum absolute atomic E-state index is 11.7. The highest BCUT2D eigenvalue weighted by Crippen LogP contribution is 2.08. The first kappa shape index (κ1) is 12.5. The monoisotopic (exact) mass is 221 g/mol. The maximum atomic E-state index is 11.7. The molecule has 0 aromatic carbocycles. The molecule has 88 valence electrons. The summed E-state index contributed by atoms with van der Waals surface area (Å²) in [6.45, 7) is 7.08. The smallest absolute Gasteiger partial charge is 0.251 e. The second-order valence-corrected chi connectivity index (χ2v) is 4.40. The first-order chi connectivity index (χ1) is 7.50. The van der Waals surface area contributed by atoms with Crippen LogP contribution in [-0.4, -0.2) is 17.4 Å². The van der Waals surface area contributed by atoms with Crippen molar-refractivity contribution in [2.75, 3.05) is 12.3 Å². The van der Waals surface area contributed by atoms with E-state index in [0.29, 0.717) is 29.8 Å². The minimum atomic E-state index is -0.0957. The Morgan fingerprint density at radius 3 is 2.75 bits per heavy atom. The lowest BCUT2D eigenvalue weighted by molar-refractivity contribution is 0.0945. The molecule has 0 radical (unpaired) electrons. The van der Waals surface area contributed by atoms with Gasteiger partial charge < -0.3 is 11.1 Å². The summed E-state index contributed by atoms with van der Waals surface area (Å²) in [7, 11) is 0. The van der Waals surface area contributed by atoms with Crippen molar-refractivity contribution in [1.29, 1.82) is 0 Å². The van der Waals surface area contributed by atoms with Crippen LogP contribution in [0.15, 0.2) is 18.3 Å². The highest BCUT2D eigenvalue weighted by molar-refractivity contribution is 5.94. The van der Waals surface area contributed by atoms with E-state index in [4.69, 9.17) is 5.73 Å². The summed E-state index contributed by atoms with van der Waals surface area (Å²) < 4.78 is 0. The largest absolute Gasteiger partial charge is 0.384 e. The summed E-state index contributed by atoms with van der Waals surface area (Å²) in [5.74, 6) is 1.29. The number of nitrogens with zero attached hydrogens (tertiary/aromatic N) is 1. The summed E-state index contributed by atoms with van der Waals surface area (Å²) in [6.07, 6.45) is 1.54. The average Bonchev–Trinajstić information content (AvgIpc) is 2.25. The number of hydrogen-bond donors (Lipinski definition) is 2. The van der Waals surface area contributed by atoms with Gasteiger partial charge in [0.2, 0.25) is 0 Å². The molecule has 1 atom stereocenters. The minimum absolute atomic E-state index is 0.0957. The summed E-state index contributed by atoms with van der Waals surface area (Å²) >= 11 is 0. The van der Waals surface area contributed by atoms with E-state index in [9.17, 15) is 4.79 Å². The van der Waals surface area contributed by atoms with E-state index in [-0.39, 0.29) is 5.91 Å². The van der Waals surface area contributed by atoms with Crippen molar-refractivity contribution in [2.45, 2.75) is 20.8 Å². The van der Waals surface area contributed by atoms with Crippen LogP contribution in [0, 0.1) is 11.8 Å². The van der Waals surface area contributed by atoms with Crippen molar-refractivity contribution in [3.63, 3.8) is 0 Å². The van der Waals surface area contributed by atoms with Crippen molar-refractivity contribution >= 4 is 11.7 Å². The molecule has 3 N–H and O–H groups in total. The number of hydrogen-bond acceptors (Lipinski definition) is 3. The molecular weight excluding hydrogens is 202 g/mol. The van der Waals surface area contributed by atoms with Gasteiger partial charge in [0.1, 0.15) is 5.82 Å². The lowest BCUT2D eigenvalue weighted by Gasteiger charge is -2.16. The molecule has 4 nitrogen and oxygen atoms in total. The molecular formula is C12H19N3O. The van der Waals surface area contributed by atoms with Crippen molar-refractivity contribution in [2.24, 2.45) is 11.8 Å². The molecule has 0 aliphatic heterocycles. The number of nitrogens with two attached hydrogens (primary N) is 1. The molecule has 4 heteroatoms. The number of rotatable bonds is 4. The van der Waals surface area contributed by atoms with E-state index in [1.165, 1.54) is 6.20 Å². The Bertz CT molecular complexity index is 363. The maximum Gasteiger partial charge on any atom is 0.251 e. The second kappa shape index (κ2) is 5.49. The Morgan fingerprint density at radius 2 is 2.19 bits per heavy atom. The van der Waals surface area contributed by atoms with Crippen LogP contribution in [0.2, 0.25) is 0 Å². The fraction of sp³-hybridized carbons (Fsp3) is 0.500. The van der Waals surface area contributed by atoms with E-state index >= 15 is 0 Å². The minimum Gasteiger partial charge on any atom is -0.384 e. The molecule has 1 heterocycles. The SMILES string of the molecule is CC(C)C(C)CNC(=O)c1ccnc(N)c1. The number of aromatic nitrogens is 1. The van der Waals surface area contributed by atoms with Crippen molar-refractivity contribution < 1.29 is 4.79 Å². The summed E-state index contributed by atoms with van der Waals surface area (Å²) in [4.78, 5) is 15.6. The van der Waals surface area contributed by atoms with Crippen LogP contribution >= 0.6 is 0 Å². The first-order valence-corrected chi connectivity index (χ1v) is 5.50. The zero-order valence-corrected chi connectivity index (χ0v) is 10.0. The van der Waals surface area contributed by atoms with Gasteiger partial charge in [0.15, 0.2) is 0 Å². The molecule has 0 aliphatic carbocycles. The zero-order valence-electron chi connectivity index (χ0n) is 10.0. The molecule has 1 aromatic rings. The number of amides is 1. The highest BCUT2D eigenvalue weighted by atomic mass is 16.1. The Kier molecular flexibility index (Phi) is 4.28. The fourth-order valence-corrected chi connectivity index (χ4v) is 1.18. The lowest BCUT2D eigenvalue weighted by atomic mass is 9.98. The third-order valence-electron chi connectivity index (χ3n) is 2.77. The number of pyridine rings is 1. The number of carbonyl (C=O) groups is 1. The van der Waals surface area contributed by atoms with Gasteiger partial charge in [0, 0.05) is 18.3 Å². The molecule has 0 saturated heterocycles. The van der Waals surface area contributed by atoms with Crippen LogP contribution in [0.5, 0.6) is 0 Å². The van der Waals surface area contributed by atoms with Crippen molar-refractivity contribution in [3.05, 3.63) is 23.9 Å². The predicted molar refractivity (Wildman–Crippen MR) is 65.0 cm³/mol. The Morgan fingerprint density at radius 1 is 1.50 bits per heavy atom. The normalized spacial score (nSPS) is 12.5. The van der Waals surface area contributed by atoms with Gasteiger partial charge in [-0.05, 0) is 24.0 Å². The molecule has 1 aromatic heterocycles. The van der Waals surface area contributed by atoms with E-state index < -0.39 is 0 Å². The van der Waals surface area contributed by atoms with Gasteiger partial charge in [-0.1, -0.05) is 20.8 Å². The van der Waals surface area contributed by atoms with Gasteiger partial charge >= 0.3 is 0 Å². The Balaban J connectivity index is 2.53. The standard InChI is InChI=1S/C12H19N3O/c1-8(2)9(3)7-15-12(16)10-4-5-14-11(13)6-10/h4-6,8-9H,7H2,1-3H3,(H2,13,14)(H,15,16). The van der Waals surface area contributed by atoms with Crippen LogP contribution in [0.1, 0.15) is 31.1 Å². The molecule has 16 heavy (non-hydrogen) atoms. The summed E-state index contributed by atoms with van der Waals surface area (Å²) in [6, 6.07) is 3.24. The van der Waals surface area contributed by atoms with Gasteiger partial charge in [-0.3, -0.25) is 4.79 Å². The third kappa shape index (κ3) is 3.53. The predicted octanol–water partition coefficient (Wildman–Crippen LogP) is 1.69. The van der Waals surface area contributed by atoms with Gasteiger partial charge in [-0.2, -0.15) is 0 Å². The van der Waals surface area contributed by atoms with E-state index in [2.05, 4.69) is 31.1 Å². The van der Waals surface area contributed by atoms with Gasteiger partial charge in [0.05, 0.1) is 0 Å². The fourth-order valence-electron chi connectivity index (χ4n) is 1.18. The zero-order chi connectivity index (χ0) is 12.1. The molecule has 0 fully saturated rings. The van der Waals surface area contributed by atoms with Crippen LogP contribution in [0.3, 0.4) is 0 Å². The Hall–Kier alpha value is -1.58. The average molecular weight is 221 g/mol. The number of nitrogens with one attached hydrogen (secondary N) is 1. The topological polar surface area (TPSA) is 68.0 Å². The third-order valence-corrected chi connectivity index (χ3v) is 2.77. The second-order valence-electron chi connectivity index (χ2n) is 4.40. The Labute approximate surface area is 96.3 Å². The molecule has 0 saturated carbocycles. The number of carbonyl (C=O) groups excluding carboxylic acids is 1. The van der Waals surface area contributed by atoms with Crippen molar-refractivity contribution in [1.82, 2.24) is 10.3 Å². The van der Waals surface area contributed by atoms with E-state index in [1.807, 2.05) is 0 Å². The van der Waals surface area contributed by atoms with E-state index in [1.54, 1.807) is 12.1 Å². The first-order valence-electron chi connectivity index (χ1n) is 5.50. The summed E-state index contributed by atoms with van der Waals surface area (Å²) in [5, 5.41) is 2.88. The molecule has 1 rings (SSSR count). The van der Waals surface area contributed by atoms with Gasteiger partial charge in [-0.15, -0.1) is 0 Å². The van der Waals surface area contributed by atoms with Crippen LogP contribution in [-0.2, 0) is 0 Å². The molecule has 1 unspecified atom stereocenters. The molecule has 0 aliphatic rings. The summed E-state index contributed by atoms with van der Waals surface area (Å²) in [5.41, 5.74) is 6.07. The van der Waals surface area contributed by atoms with E-state index in [0.717, 1.165) is 0 Å². The van der Waals surface area contributed by atoms with Crippen LogP contribution < -0.4 is 11.1 Å². The van der Waals surface area contributed by atoms with Gasteiger partial charge in [0.25, 0.3) is 5.91 Å². The van der Waals surface area contributed by atoms with Crippen LogP contribution in [0.4, 0.5) is 5.82 Å². The molecule has 1 amide bonds. The van der Waals surface area contributed by atoms with Crippen LogP contribution in [0.25, 0.3) is 0 Å². The van der Waals surface area contributed by atoms with Crippen molar-refractivity contribution in [3.8, 4) is 0 Å². The number of anilines is 1. The molecule has 0 spiro atoms. The number of nitrogen functional groups attached to an aromatic ring is 1. The quantitative estimate of drug-likeness (QED) is 0.813.